The van der Waals surface area contributed by atoms with Crippen molar-refractivity contribution in [2.45, 2.75) is 25.4 Å². The van der Waals surface area contributed by atoms with E-state index in [1.165, 1.54) is 18.2 Å². The zero-order valence-electron chi connectivity index (χ0n) is 10.1. The molecule has 20 heavy (non-hydrogen) atoms. The van der Waals surface area contributed by atoms with Gasteiger partial charge in [-0.2, -0.15) is 4.98 Å². The molecule has 1 aromatic heterocycles. The van der Waals surface area contributed by atoms with Crippen molar-refractivity contribution < 1.29 is 22.8 Å². The third-order valence-corrected chi connectivity index (χ3v) is 2.94. The molecular weight excluding hydrogens is 297 g/mol. The molecule has 0 spiro atoms. The summed E-state index contributed by atoms with van der Waals surface area (Å²) in [6, 6.07) is 4.21. The summed E-state index contributed by atoms with van der Waals surface area (Å²) in [6.07, 6.45) is -5.26. The molecule has 1 heterocycles. The highest BCUT2D eigenvalue weighted by atomic mass is 35.5. The lowest BCUT2D eigenvalue weighted by molar-refractivity contribution is -0.00754. The predicted molar refractivity (Wildman–Crippen MR) is 64.2 cm³/mol. The van der Waals surface area contributed by atoms with Gasteiger partial charge in [0.05, 0.1) is 6.42 Å². The highest BCUT2D eigenvalue weighted by molar-refractivity contribution is 6.31. The van der Waals surface area contributed by atoms with E-state index in [-0.39, 0.29) is 28.7 Å². The van der Waals surface area contributed by atoms with Crippen LogP contribution in [0.5, 0.6) is 0 Å². The maximum Gasteiger partial charge on any atom is 0.264 e. The van der Waals surface area contributed by atoms with Gasteiger partial charge in [-0.3, -0.25) is 0 Å². The van der Waals surface area contributed by atoms with Crippen molar-refractivity contribution in [2.75, 3.05) is 0 Å². The van der Waals surface area contributed by atoms with Crippen LogP contribution in [0.3, 0.4) is 0 Å². The molecule has 0 aliphatic heterocycles. The highest BCUT2D eigenvalue weighted by Crippen LogP contribution is 2.21. The Hall–Kier alpha value is -1.60. The van der Waals surface area contributed by atoms with E-state index in [0.29, 0.717) is 0 Å². The second-order valence-electron chi connectivity index (χ2n) is 4.09. The number of benzene rings is 1. The molecule has 0 aliphatic carbocycles. The van der Waals surface area contributed by atoms with Crippen LogP contribution in [0.2, 0.25) is 5.02 Å². The van der Waals surface area contributed by atoms with E-state index in [9.17, 15) is 13.2 Å². The number of nitrogens with zero attached hydrogens (tertiary/aromatic N) is 2. The van der Waals surface area contributed by atoms with Crippen molar-refractivity contribution in [3.8, 4) is 0 Å². The number of hydrogen-bond donors (Lipinski definition) is 1. The first-order valence-electron chi connectivity index (χ1n) is 5.68. The third kappa shape index (κ3) is 3.49. The van der Waals surface area contributed by atoms with Crippen LogP contribution < -0.4 is 0 Å². The monoisotopic (exact) mass is 306 g/mol. The topological polar surface area (TPSA) is 59.2 Å². The van der Waals surface area contributed by atoms with Crippen LogP contribution in [-0.2, 0) is 12.8 Å². The Bertz CT molecular complexity index is 572. The zero-order valence-corrected chi connectivity index (χ0v) is 10.8. The number of hydrogen-bond acceptors (Lipinski definition) is 4. The SMILES string of the molecule is OC(Cc1nc(Cc2c(F)cccc2Cl)no1)C(F)F. The van der Waals surface area contributed by atoms with Gasteiger partial charge in [0.25, 0.3) is 6.43 Å². The predicted octanol–water partition coefficient (Wildman–Crippen LogP) is 2.62. The molecule has 1 N–H and O–H groups in total. The average Bonchev–Trinajstić information content (AvgIpc) is 2.81. The summed E-state index contributed by atoms with van der Waals surface area (Å²) in [7, 11) is 0. The van der Waals surface area contributed by atoms with E-state index in [4.69, 9.17) is 21.2 Å². The normalized spacial score (nSPS) is 12.9. The molecule has 0 fully saturated rings. The molecular formula is C12H10ClF3N2O2. The van der Waals surface area contributed by atoms with Gasteiger partial charge in [-0.15, -0.1) is 0 Å². The summed E-state index contributed by atoms with van der Waals surface area (Å²) in [5.41, 5.74) is 0.191. The Labute approximate surface area is 117 Å². The second kappa shape index (κ2) is 6.23. The first kappa shape index (κ1) is 14.8. The van der Waals surface area contributed by atoms with Crippen LogP contribution in [0, 0.1) is 5.82 Å². The number of aliphatic hydroxyl groups is 1. The quantitative estimate of drug-likeness (QED) is 0.922. The van der Waals surface area contributed by atoms with Gasteiger partial charge >= 0.3 is 0 Å². The number of aliphatic hydroxyl groups excluding tert-OH is 1. The van der Waals surface area contributed by atoms with Crippen LogP contribution in [0.15, 0.2) is 22.7 Å². The van der Waals surface area contributed by atoms with Gasteiger partial charge < -0.3 is 9.63 Å². The number of rotatable bonds is 5. The fourth-order valence-corrected chi connectivity index (χ4v) is 1.80. The Morgan fingerprint density at radius 2 is 2.10 bits per heavy atom. The molecule has 1 aromatic carbocycles. The van der Waals surface area contributed by atoms with Crippen LogP contribution in [0.25, 0.3) is 0 Å². The summed E-state index contributed by atoms with van der Waals surface area (Å²) in [5, 5.41) is 12.8. The van der Waals surface area contributed by atoms with Crippen LogP contribution in [0.1, 0.15) is 17.3 Å². The van der Waals surface area contributed by atoms with Crippen molar-refractivity contribution in [2.24, 2.45) is 0 Å². The maximum absolute atomic E-state index is 13.5. The van der Waals surface area contributed by atoms with Gasteiger partial charge in [-0.25, -0.2) is 13.2 Å². The van der Waals surface area contributed by atoms with Gasteiger partial charge in [0.15, 0.2) is 5.82 Å². The molecule has 1 unspecified atom stereocenters. The Balaban J connectivity index is 2.10. The largest absolute Gasteiger partial charge is 0.387 e. The molecule has 0 bridgehead atoms. The highest BCUT2D eigenvalue weighted by Gasteiger charge is 2.21. The molecule has 0 saturated carbocycles. The van der Waals surface area contributed by atoms with E-state index in [2.05, 4.69) is 10.1 Å². The molecule has 108 valence electrons. The van der Waals surface area contributed by atoms with Gasteiger partial charge in [-0.1, -0.05) is 22.8 Å². The van der Waals surface area contributed by atoms with Gasteiger partial charge in [0.2, 0.25) is 5.89 Å². The summed E-state index contributed by atoms with van der Waals surface area (Å²) in [6.45, 7) is 0. The third-order valence-electron chi connectivity index (χ3n) is 2.58. The summed E-state index contributed by atoms with van der Waals surface area (Å²) in [5.74, 6) is -0.551. The molecule has 2 aromatic rings. The minimum absolute atomic E-state index is 0.0280. The van der Waals surface area contributed by atoms with Crippen molar-refractivity contribution in [1.29, 1.82) is 0 Å². The zero-order chi connectivity index (χ0) is 14.7. The Morgan fingerprint density at radius 1 is 1.35 bits per heavy atom. The number of alkyl halides is 2. The Morgan fingerprint density at radius 3 is 2.75 bits per heavy atom. The van der Waals surface area contributed by atoms with Crippen molar-refractivity contribution >= 4 is 11.6 Å². The lowest BCUT2D eigenvalue weighted by Crippen LogP contribution is -2.20. The Kier molecular flexibility index (Phi) is 4.61. The maximum atomic E-state index is 13.5. The lowest BCUT2D eigenvalue weighted by atomic mass is 10.1. The molecule has 4 nitrogen and oxygen atoms in total. The smallest absolute Gasteiger partial charge is 0.264 e. The molecule has 0 aliphatic rings. The number of aromatic nitrogens is 2. The van der Waals surface area contributed by atoms with Crippen molar-refractivity contribution in [3.05, 3.63) is 46.3 Å². The molecule has 8 heteroatoms. The fraction of sp³-hybridized carbons (Fsp3) is 0.333. The first-order chi connectivity index (χ1) is 9.47. The molecule has 1 atom stereocenters. The van der Waals surface area contributed by atoms with Crippen LogP contribution in [-0.4, -0.2) is 27.8 Å². The molecule has 0 amide bonds. The van der Waals surface area contributed by atoms with E-state index >= 15 is 0 Å². The van der Waals surface area contributed by atoms with Crippen LogP contribution in [0.4, 0.5) is 13.2 Å². The van der Waals surface area contributed by atoms with Gasteiger partial charge in [0.1, 0.15) is 11.9 Å². The van der Waals surface area contributed by atoms with Crippen molar-refractivity contribution in [3.63, 3.8) is 0 Å². The van der Waals surface area contributed by atoms with E-state index in [1.54, 1.807) is 0 Å². The molecule has 0 saturated heterocycles. The van der Waals surface area contributed by atoms with Crippen molar-refractivity contribution in [1.82, 2.24) is 10.1 Å². The fourth-order valence-electron chi connectivity index (χ4n) is 1.57. The first-order valence-corrected chi connectivity index (χ1v) is 6.05. The number of halogens is 4. The average molecular weight is 307 g/mol. The van der Waals surface area contributed by atoms with Gasteiger partial charge in [-0.05, 0) is 12.1 Å². The summed E-state index contributed by atoms with van der Waals surface area (Å²) < 4.78 is 42.6. The minimum Gasteiger partial charge on any atom is -0.387 e. The standard InChI is InChI=1S/C12H10ClF3N2O2/c13-7-2-1-3-8(14)6(7)4-10-17-11(20-18-10)5-9(19)12(15)16/h1-3,9,12,19H,4-5H2. The summed E-state index contributed by atoms with van der Waals surface area (Å²) >= 11 is 5.85. The van der Waals surface area contributed by atoms with E-state index in [0.717, 1.165) is 0 Å². The van der Waals surface area contributed by atoms with Gasteiger partial charge in [0, 0.05) is 17.0 Å². The minimum atomic E-state index is -2.90. The van der Waals surface area contributed by atoms with E-state index in [1.807, 2.05) is 0 Å². The molecule has 2 rings (SSSR count). The second-order valence-corrected chi connectivity index (χ2v) is 4.49. The molecule has 0 radical (unpaired) electrons. The lowest BCUT2D eigenvalue weighted by Gasteiger charge is -2.04. The van der Waals surface area contributed by atoms with E-state index < -0.39 is 24.8 Å². The van der Waals surface area contributed by atoms with Crippen LogP contribution >= 0.6 is 11.6 Å². The summed E-state index contributed by atoms with van der Waals surface area (Å²) in [4.78, 5) is 3.81.